The van der Waals surface area contributed by atoms with Crippen molar-refractivity contribution in [3.63, 3.8) is 0 Å². The maximum Gasteiger partial charge on any atom is 0.434 e. The summed E-state index contributed by atoms with van der Waals surface area (Å²) in [4.78, 5) is 7.72. The molecule has 0 saturated carbocycles. The van der Waals surface area contributed by atoms with E-state index in [2.05, 4.69) is 9.97 Å². The van der Waals surface area contributed by atoms with Crippen molar-refractivity contribution >= 4 is 21.8 Å². The third-order valence-electron chi connectivity index (χ3n) is 3.64. The number of imidazole rings is 1. The van der Waals surface area contributed by atoms with Crippen molar-refractivity contribution < 1.29 is 21.6 Å². The number of hydrogen-bond acceptors (Lipinski definition) is 5. The van der Waals surface area contributed by atoms with Crippen molar-refractivity contribution in [3.05, 3.63) is 54.5 Å². The summed E-state index contributed by atoms with van der Waals surface area (Å²) < 4.78 is 63.4. The molecule has 0 unspecified atom stereocenters. The van der Waals surface area contributed by atoms with Gasteiger partial charge in [-0.2, -0.15) is 13.2 Å². The summed E-state index contributed by atoms with van der Waals surface area (Å²) >= 11 is 1.40. The summed E-state index contributed by atoms with van der Waals surface area (Å²) in [6.45, 7) is 0. The number of aromatic nitrogens is 3. The average Bonchev–Trinajstić information content (AvgIpc) is 3.07. The fourth-order valence-electron chi connectivity index (χ4n) is 2.35. The van der Waals surface area contributed by atoms with E-state index < -0.39 is 21.9 Å². The van der Waals surface area contributed by atoms with E-state index in [1.165, 1.54) is 46.8 Å². The van der Waals surface area contributed by atoms with Gasteiger partial charge in [0.05, 0.1) is 9.92 Å². The minimum absolute atomic E-state index is 0.0332. The van der Waals surface area contributed by atoms with Gasteiger partial charge in [-0.15, -0.1) is 11.8 Å². The number of hydrogen-bond donors (Lipinski definition) is 1. The second-order valence-corrected chi connectivity index (χ2v) is 7.83. The van der Waals surface area contributed by atoms with Gasteiger partial charge >= 0.3 is 6.18 Å². The van der Waals surface area contributed by atoms with E-state index in [1.54, 1.807) is 12.1 Å². The molecule has 1 aromatic carbocycles. The van der Waals surface area contributed by atoms with Gasteiger partial charge in [0.15, 0.2) is 5.69 Å². The molecule has 2 heterocycles. The Balaban J connectivity index is 2.14. The molecular weight excluding hydrogens is 401 g/mol. The summed E-state index contributed by atoms with van der Waals surface area (Å²) in [5, 5.41) is 5.76. The van der Waals surface area contributed by atoms with Gasteiger partial charge in [0, 0.05) is 23.6 Å². The highest BCUT2D eigenvalue weighted by Gasteiger charge is 2.35. The van der Waals surface area contributed by atoms with Crippen LogP contribution in [0.2, 0.25) is 0 Å². The maximum absolute atomic E-state index is 13.2. The molecule has 0 amide bonds. The molecule has 0 aliphatic carbocycles. The minimum atomic E-state index is -4.63. The van der Waals surface area contributed by atoms with Crippen molar-refractivity contribution in [3.8, 4) is 17.1 Å². The molecule has 0 aliphatic heterocycles. The Hall–Kier alpha value is -2.37. The van der Waals surface area contributed by atoms with Crippen LogP contribution in [0, 0.1) is 0 Å². The molecule has 0 aliphatic rings. The molecular formula is C16H13F3N4O2S2. The van der Waals surface area contributed by atoms with E-state index >= 15 is 0 Å². The lowest BCUT2D eigenvalue weighted by Gasteiger charge is -2.08. The predicted molar refractivity (Wildman–Crippen MR) is 95.0 cm³/mol. The van der Waals surface area contributed by atoms with Crippen molar-refractivity contribution in [2.24, 2.45) is 5.14 Å². The zero-order valence-corrected chi connectivity index (χ0v) is 15.4. The summed E-state index contributed by atoms with van der Waals surface area (Å²) in [6, 6.07) is 8.45. The summed E-state index contributed by atoms with van der Waals surface area (Å²) in [7, 11) is -3.91. The van der Waals surface area contributed by atoms with Crippen molar-refractivity contribution in [1.29, 1.82) is 0 Å². The maximum atomic E-state index is 13.2. The predicted octanol–water partition coefficient (Wildman–Crippen LogP) is 3.32. The number of sulfonamides is 1. The number of primary sulfonamides is 1. The van der Waals surface area contributed by atoms with Gasteiger partial charge in [-0.25, -0.2) is 23.5 Å². The Morgan fingerprint density at radius 2 is 1.78 bits per heavy atom. The number of nitrogens with two attached hydrogens (primary N) is 1. The third-order valence-corrected chi connectivity index (χ3v) is 5.23. The van der Waals surface area contributed by atoms with Crippen molar-refractivity contribution in [1.82, 2.24) is 14.5 Å². The van der Waals surface area contributed by atoms with Gasteiger partial charge in [0.2, 0.25) is 10.0 Å². The van der Waals surface area contributed by atoms with E-state index in [4.69, 9.17) is 5.14 Å². The number of nitrogens with zero attached hydrogens (tertiary/aromatic N) is 3. The van der Waals surface area contributed by atoms with Crippen LogP contribution in [0.25, 0.3) is 17.1 Å². The zero-order valence-electron chi connectivity index (χ0n) is 13.8. The standard InChI is InChI=1S/C16H13F3N4O2S2/c1-26-14-7-2-10(8-21-14)15-22-13(16(17,18)19)9-23(15)11-3-5-12(6-4-11)27(20,24)25/h2-9H,1H3,(H2,20,24,25). The molecule has 142 valence electrons. The first kappa shape index (κ1) is 19.4. The molecule has 0 atom stereocenters. The van der Waals surface area contributed by atoms with Gasteiger partial charge in [-0.3, -0.25) is 4.57 Å². The van der Waals surface area contributed by atoms with Gasteiger partial charge in [0.1, 0.15) is 5.82 Å². The fourth-order valence-corrected chi connectivity index (χ4v) is 3.22. The van der Waals surface area contributed by atoms with E-state index in [9.17, 15) is 21.6 Å². The SMILES string of the molecule is CSc1ccc(-c2nc(C(F)(F)F)cn2-c2ccc(S(N)(=O)=O)cc2)cn1. The second-order valence-electron chi connectivity index (χ2n) is 5.45. The van der Waals surface area contributed by atoms with E-state index in [1.807, 2.05) is 6.26 Å². The molecule has 0 bridgehead atoms. The number of benzene rings is 1. The molecule has 3 aromatic rings. The summed E-state index contributed by atoms with van der Waals surface area (Å²) in [6.07, 6.45) is -0.516. The monoisotopic (exact) mass is 414 g/mol. The first-order chi connectivity index (χ1) is 12.6. The Morgan fingerprint density at radius 1 is 1.11 bits per heavy atom. The Bertz CT molecular complexity index is 1060. The fraction of sp³-hybridized carbons (Fsp3) is 0.125. The number of halogens is 3. The number of alkyl halides is 3. The lowest BCUT2D eigenvalue weighted by molar-refractivity contribution is -0.140. The first-order valence-corrected chi connectivity index (χ1v) is 10.2. The van der Waals surface area contributed by atoms with Crippen molar-refractivity contribution in [2.45, 2.75) is 16.1 Å². The van der Waals surface area contributed by atoms with Crippen LogP contribution in [0.4, 0.5) is 13.2 Å². The summed E-state index contributed by atoms with van der Waals surface area (Å²) in [5.41, 5.74) is -0.380. The topological polar surface area (TPSA) is 90.9 Å². The average molecular weight is 414 g/mol. The van der Waals surface area contributed by atoms with Crippen LogP contribution in [-0.2, 0) is 16.2 Å². The molecule has 6 nitrogen and oxygen atoms in total. The van der Waals surface area contributed by atoms with E-state index in [0.29, 0.717) is 16.3 Å². The van der Waals surface area contributed by atoms with Crippen LogP contribution in [0.3, 0.4) is 0 Å². The number of pyridine rings is 1. The molecule has 3 rings (SSSR count). The van der Waals surface area contributed by atoms with Gasteiger partial charge in [-0.05, 0) is 42.7 Å². The smallest absolute Gasteiger partial charge is 0.299 e. The molecule has 11 heteroatoms. The molecule has 0 fully saturated rings. The van der Waals surface area contributed by atoms with Crippen molar-refractivity contribution in [2.75, 3.05) is 6.26 Å². The highest BCUT2D eigenvalue weighted by atomic mass is 32.2. The molecule has 0 saturated heterocycles. The van der Waals surface area contributed by atoms with Gasteiger partial charge in [-0.1, -0.05) is 0 Å². The van der Waals surface area contributed by atoms with Crippen LogP contribution in [-0.4, -0.2) is 29.2 Å². The van der Waals surface area contributed by atoms with Crippen LogP contribution < -0.4 is 5.14 Å². The second kappa shape index (κ2) is 6.98. The van der Waals surface area contributed by atoms with E-state index in [-0.39, 0.29) is 10.7 Å². The Labute approximate surface area is 157 Å². The van der Waals surface area contributed by atoms with Gasteiger partial charge < -0.3 is 0 Å². The van der Waals surface area contributed by atoms with Crippen LogP contribution in [0.5, 0.6) is 0 Å². The third kappa shape index (κ3) is 4.15. The normalized spacial score (nSPS) is 12.3. The Morgan fingerprint density at radius 3 is 2.26 bits per heavy atom. The lowest BCUT2D eigenvalue weighted by Crippen LogP contribution is -2.12. The largest absolute Gasteiger partial charge is 0.434 e. The molecule has 2 N–H and O–H groups in total. The first-order valence-electron chi connectivity index (χ1n) is 7.40. The van der Waals surface area contributed by atoms with Crippen LogP contribution >= 0.6 is 11.8 Å². The zero-order chi connectivity index (χ0) is 19.8. The highest BCUT2D eigenvalue weighted by Crippen LogP contribution is 2.32. The molecule has 0 radical (unpaired) electrons. The number of thioether (sulfide) groups is 1. The highest BCUT2D eigenvalue weighted by molar-refractivity contribution is 7.98. The van der Waals surface area contributed by atoms with Crippen LogP contribution in [0.15, 0.2) is 58.7 Å². The minimum Gasteiger partial charge on any atom is -0.299 e. The summed E-state index contributed by atoms with van der Waals surface area (Å²) in [5.74, 6) is 0.0332. The van der Waals surface area contributed by atoms with Crippen LogP contribution in [0.1, 0.15) is 5.69 Å². The Kier molecular flexibility index (Phi) is 5.02. The lowest BCUT2D eigenvalue weighted by atomic mass is 10.2. The van der Waals surface area contributed by atoms with Gasteiger partial charge in [0.25, 0.3) is 0 Å². The molecule has 27 heavy (non-hydrogen) atoms. The van der Waals surface area contributed by atoms with E-state index in [0.717, 1.165) is 6.20 Å². The quantitative estimate of drug-likeness (QED) is 0.662. The molecule has 2 aromatic heterocycles. The number of rotatable bonds is 4. The molecule has 0 spiro atoms.